The number of nitrogens with zero attached hydrogens (tertiary/aromatic N) is 1. The Labute approximate surface area is 156 Å². The van der Waals surface area contributed by atoms with Crippen molar-refractivity contribution in [1.29, 1.82) is 0 Å². The van der Waals surface area contributed by atoms with Crippen molar-refractivity contribution in [2.45, 2.75) is 20.4 Å². The third-order valence-corrected chi connectivity index (χ3v) is 4.79. The van der Waals surface area contributed by atoms with Gasteiger partial charge in [0.2, 0.25) is 0 Å². The van der Waals surface area contributed by atoms with Crippen molar-refractivity contribution in [3.63, 3.8) is 0 Å². The summed E-state index contributed by atoms with van der Waals surface area (Å²) in [4.78, 5) is 14.8. The van der Waals surface area contributed by atoms with E-state index in [1.165, 1.54) is 5.56 Å². The van der Waals surface area contributed by atoms with Crippen molar-refractivity contribution in [1.82, 2.24) is 4.90 Å². The molecule has 0 aliphatic heterocycles. The molecule has 0 saturated heterocycles. The normalized spacial score (nSPS) is 10.8. The van der Waals surface area contributed by atoms with Gasteiger partial charge in [0, 0.05) is 20.8 Å². The van der Waals surface area contributed by atoms with Crippen LogP contribution in [0.4, 0.5) is 5.69 Å². The van der Waals surface area contributed by atoms with Crippen LogP contribution >= 0.6 is 34.2 Å². The van der Waals surface area contributed by atoms with E-state index in [1.807, 2.05) is 18.2 Å². The van der Waals surface area contributed by atoms with E-state index in [0.29, 0.717) is 10.6 Å². The molecule has 0 aromatic heterocycles. The van der Waals surface area contributed by atoms with E-state index < -0.39 is 0 Å². The maximum Gasteiger partial charge on any atom is 0.256 e. The van der Waals surface area contributed by atoms with Gasteiger partial charge in [0.15, 0.2) is 0 Å². The van der Waals surface area contributed by atoms with Crippen LogP contribution in [0, 0.1) is 3.57 Å². The SMILES string of the molecule is CCN(CC)Cc1cccc(NC(=O)c2ccc(Cl)cc2I)c1. The van der Waals surface area contributed by atoms with Crippen molar-refractivity contribution in [3.8, 4) is 0 Å². The molecule has 3 nitrogen and oxygen atoms in total. The molecule has 0 heterocycles. The fourth-order valence-corrected chi connectivity index (χ4v) is 3.44. The van der Waals surface area contributed by atoms with E-state index in [2.05, 4.69) is 52.7 Å². The quantitative estimate of drug-likeness (QED) is 0.636. The smallest absolute Gasteiger partial charge is 0.256 e. The van der Waals surface area contributed by atoms with Crippen molar-refractivity contribution in [2.24, 2.45) is 0 Å². The van der Waals surface area contributed by atoms with Crippen molar-refractivity contribution >= 4 is 45.8 Å². The topological polar surface area (TPSA) is 32.3 Å². The fraction of sp³-hybridized carbons (Fsp3) is 0.278. The number of carbonyl (C=O) groups excluding carboxylic acids is 1. The molecule has 2 aromatic rings. The van der Waals surface area contributed by atoms with Gasteiger partial charge in [-0.1, -0.05) is 37.6 Å². The lowest BCUT2D eigenvalue weighted by Crippen LogP contribution is -2.22. The van der Waals surface area contributed by atoms with Crippen molar-refractivity contribution < 1.29 is 4.79 Å². The highest BCUT2D eigenvalue weighted by molar-refractivity contribution is 14.1. The molecule has 0 spiro atoms. The zero-order valence-electron chi connectivity index (χ0n) is 13.3. The molecule has 0 atom stereocenters. The maximum absolute atomic E-state index is 12.4. The summed E-state index contributed by atoms with van der Waals surface area (Å²) in [7, 11) is 0. The number of amides is 1. The Morgan fingerprint density at radius 1 is 1.17 bits per heavy atom. The first-order valence-electron chi connectivity index (χ1n) is 7.61. The molecule has 2 aromatic carbocycles. The van der Waals surface area contributed by atoms with Crippen LogP contribution in [0.5, 0.6) is 0 Å². The van der Waals surface area contributed by atoms with Crippen LogP contribution in [0.25, 0.3) is 0 Å². The Balaban J connectivity index is 2.12. The summed E-state index contributed by atoms with van der Waals surface area (Å²) in [6.45, 7) is 7.20. The molecule has 0 saturated carbocycles. The first kappa shape index (κ1) is 18.2. The Bertz CT molecular complexity index is 686. The van der Waals surface area contributed by atoms with Gasteiger partial charge in [-0.05, 0) is 71.6 Å². The predicted octanol–water partition coefficient (Wildman–Crippen LogP) is 5.04. The molecule has 0 aliphatic rings. The lowest BCUT2D eigenvalue weighted by atomic mass is 10.1. The highest BCUT2D eigenvalue weighted by Gasteiger charge is 2.11. The second-order valence-electron chi connectivity index (χ2n) is 5.24. The summed E-state index contributed by atoms with van der Waals surface area (Å²) < 4.78 is 0.840. The van der Waals surface area contributed by atoms with Crippen LogP contribution in [0.15, 0.2) is 42.5 Å². The van der Waals surface area contributed by atoms with Crippen LogP contribution in [-0.2, 0) is 6.54 Å². The average molecular weight is 443 g/mol. The summed E-state index contributed by atoms with van der Waals surface area (Å²) >= 11 is 8.06. The number of benzene rings is 2. The molecule has 0 radical (unpaired) electrons. The molecule has 0 aliphatic carbocycles. The average Bonchev–Trinajstić information content (AvgIpc) is 2.52. The zero-order chi connectivity index (χ0) is 16.8. The van der Waals surface area contributed by atoms with E-state index in [4.69, 9.17) is 11.6 Å². The van der Waals surface area contributed by atoms with Crippen LogP contribution < -0.4 is 5.32 Å². The molecule has 0 bridgehead atoms. The molecule has 122 valence electrons. The molecule has 0 fully saturated rings. The fourth-order valence-electron chi connectivity index (χ4n) is 2.32. The van der Waals surface area contributed by atoms with E-state index in [0.717, 1.165) is 28.9 Å². The van der Waals surface area contributed by atoms with E-state index >= 15 is 0 Å². The first-order chi connectivity index (χ1) is 11.0. The number of carbonyl (C=O) groups is 1. The molecule has 23 heavy (non-hydrogen) atoms. The van der Waals surface area contributed by atoms with Crippen molar-refractivity contribution in [2.75, 3.05) is 18.4 Å². The Morgan fingerprint density at radius 2 is 1.91 bits per heavy atom. The number of nitrogens with one attached hydrogen (secondary N) is 1. The minimum Gasteiger partial charge on any atom is -0.322 e. The number of rotatable bonds is 6. The van der Waals surface area contributed by atoms with Gasteiger partial charge < -0.3 is 5.32 Å². The highest BCUT2D eigenvalue weighted by atomic mass is 127. The second-order valence-corrected chi connectivity index (χ2v) is 6.84. The van der Waals surface area contributed by atoms with Gasteiger partial charge in [0.1, 0.15) is 0 Å². The number of halogens is 2. The first-order valence-corrected chi connectivity index (χ1v) is 9.06. The zero-order valence-corrected chi connectivity index (χ0v) is 16.2. The number of hydrogen-bond acceptors (Lipinski definition) is 2. The number of anilines is 1. The summed E-state index contributed by atoms with van der Waals surface area (Å²) in [5, 5.41) is 3.59. The third kappa shape index (κ3) is 5.19. The lowest BCUT2D eigenvalue weighted by molar-refractivity contribution is 0.102. The van der Waals surface area contributed by atoms with Gasteiger partial charge in [0.25, 0.3) is 5.91 Å². The minimum atomic E-state index is -0.119. The van der Waals surface area contributed by atoms with Crippen molar-refractivity contribution in [3.05, 3.63) is 62.2 Å². The predicted molar refractivity (Wildman–Crippen MR) is 105 cm³/mol. The summed E-state index contributed by atoms with van der Waals surface area (Å²) in [6.07, 6.45) is 0. The monoisotopic (exact) mass is 442 g/mol. The molecular formula is C18H20ClIN2O. The molecule has 5 heteroatoms. The van der Waals surface area contributed by atoms with Crippen LogP contribution in [0.3, 0.4) is 0 Å². The van der Waals surface area contributed by atoms with Crippen LogP contribution in [0.1, 0.15) is 29.8 Å². The largest absolute Gasteiger partial charge is 0.322 e. The standard InChI is InChI=1S/C18H20ClIN2O/c1-3-22(4-2)12-13-6-5-7-15(10-13)21-18(23)16-9-8-14(19)11-17(16)20/h5-11H,3-4,12H2,1-2H3,(H,21,23). The van der Waals surface area contributed by atoms with Gasteiger partial charge >= 0.3 is 0 Å². The minimum absolute atomic E-state index is 0.119. The molecular weight excluding hydrogens is 423 g/mol. The van der Waals surface area contributed by atoms with Crippen LogP contribution in [0.2, 0.25) is 5.02 Å². The molecule has 2 rings (SSSR count). The molecule has 1 amide bonds. The van der Waals surface area contributed by atoms with Crippen LogP contribution in [-0.4, -0.2) is 23.9 Å². The summed E-state index contributed by atoms with van der Waals surface area (Å²) in [6, 6.07) is 13.3. The highest BCUT2D eigenvalue weighted by Crippen LogP contribution is 2.20. The van der Waals surface area contributed by atoms with Gasteiger partial charge in [0.05, 0.1) is 5.56 Å². The maximum atomic E-state index is 12.4. The van der Waals surface area contributed by atoms with Gasteiger partial charge in [-0.3, -0.25) is 9.69 Å². The van der Waals surface area contributed by atoms with Gasteiger partial charge in [-0.15, -0.1) is 0 Å². The lowest BCUT2D eigenvalue weighted by Gasteiger charge is -2.18. The Morgan fingerprint density at radius 3 is 2.57 bits per heavy atom. The second kappa shape index (κ2) is 8.66. The van der Waals surface area contributed by atoms with E-state index in [1.54, 1.807) is 18.2 Å². The Kier molecular flexibility index (Phi) is 6.87. The van der Waals surface area contributed by atoms with E-state index in [-0.39, 0.29) is 5.91 Å². The van der Waals surface area contributed by atoms with Gasteiger partial charge in [-0.2, -0.15) is 0 Å². The van der Waals surface area contributed by atoms with Gasteiger partial charge in [-0.25, -0.2) is 0 Å². The molecule has 1 N–H and O–H groups in total. The molecule has 0 unspecified atom stereocenters. The number of hydrogen-bond donors (Lipinski definition) is 1. The summed E-state index contributed by atoms with van der Waals surface area (Å²) in [5.41, 5.74) is 2.63. The van der Waals surface area contributed by atoms with E-state index in [9.17, 15) is 4.79 Å². The Hall–Kier alpha value is -1.11. The summed E-state index contributed by atoms with van der Waals surface area (Å²) in [5.74, 6) is -0.119. The third-order valence-electron chi connectivity index (χ3n) is 3.66.